The number of pyridine rings is 1. The van der Waals surface area contributed by atoms with Gasteiger partial charge in [0.15, 0.2) is 9.84 Å². The molecule has 0 radical (unpaired) electrons. The number of hydrogen-bond donors (Lipinski definition) is 2. The minimum atomic E-state index is -3.23. The molecule has 0 amide bonds. The molecule has 0 saturated heterocycles. The Labute approximate surface area is 112 Å². The molecule has 0 aliphatic heterocycles. The molecule has 0 fully saturated rings. The van der Waals surface area contributed by atoms with Crippen molar-refractivity contribution in [3.05, 3.63) is 48.3 Å². The van der Waals surface area contributed by atoms with Crippen molar-refractivity contribution in [1.29, 1.82) is 0 Å². The van der Waals surface area contributed by atoms with Crippen LogP contribution in [0.5, 0.6) is 0 Å². The van der Waals surface area contributed by atoms with Crippen LogP contribution in [-0.4, -0.2) is 19.7 Å². The highest BCUT2D eigenvalue weighted by atomic mass is 32.2. The van der Waals surface area contributed by atoms with E-state index in [2.05, 4.69) is 10.3 Å². The molecule has 0 spiro atoms. The summed E-state index contributed by atoms with van der Waals surface area (Å²) in [5, 5.41) is 3.15. The summed E-state index contributed by atoms with van der Waals surface area (Å²) in [6.45, 7) is 0.580. The molecule has 1 aromatic heterocycles. The molecule has 0 aliphatic rings. The van der Waals surface area contributed by atoms with Crippen molar-refractivity contribution in [3.63, 3.8) is 0 Å². The van der Waals surface area contributed by atoms with Crippen LogP contribution in [0.15, 0.2) is 47.6 Å². The first-order valence-corrected chi connectivity index (χ1v) is 7.58. The number of sulfone groups is 1. The van der Waals surface area contributed by atoms with Crippen molar-refractivity contribution in [2.24, 2.45) is 0 Å². The lowest BCUT2D eigenvalue weighted by Crippen LogP contribution is -2.04. The fourth-order valence-electron chi connectivity index (χ4n) is 1.63. The third-order valence-corrected chi connectivity index (χ3v) is 3.77. The maximum atomic E-state index is 11.4. The molecule has 1 heterocycles. The normalized spacial score (nSPS) is 11.2. The van der Waals surface area contributed by atoms with Crippen molar-refractivity contribution in [2.45, 2.75) is 11.4 Å². The molecule has 0 saturated carbocycles. The van der Waals surface area contributed by atoms with Gasteiger partial charge in [-0.15, -0.1) is 0 Å². The highest BCUT2D eigenvalue weighted by Gasteiger charge is 2.09. The number of nitrogens with two attached hydrogens (primary N) is 1. The first-order valence-electron chi connectivity index (χ1n) is 5.69. The molecule has 0 unspecified atom stereocenters. The number of aromatic nitrogens is 1. The average Bonchev–Trinajstić information content (AvgIpc) is 2.37. The van der Waals surface area contributed by atoms with E-state index in [0.717, 1.165) is 11.8 Å². The standard InChI is InChI=1S/C13H15N3O2S/c1-19(17,18)11-4-5-13(12(14)7-11)16-9-10-3-2-6-15-8-10/h2-8,16H,9,14H2,1H3. The lowest BCUT2D eigenvalue weighted by molar-refractivity contribution is 0.602. The second-order valence-corrected chi connectivity index (χ2v) is 6.25. The van der Waals surface area contributed by atoms with Gasteiger partial charge in [0.2, 0.25) is 0 Å². The maximum absolute atomic E-state index is 11.4. The Balaban J connectivity index is 2.14. The van der Waals surface area contributed by atoms with Crippen LogP contribution in [0, 0.1) is 0 Å². The fourth-order valence-corrected chi connectivity index (χ4v) is 2.29. The second kappa shape index (κ2) is 5.27. The average molecular weight is 277 g/mol. The summed E-state index contributed by atoms with van der Waals surface area (Å²) in [4.78, 5) is 4.23. The van der Waals surface area contributed by atoms with Crippen LogP contribution in [0.3, 0.4) is 0 Å². The Hall–Kier alpha value is -2.08. The third-order valence-electron chi connectivity index (χ3n) is 2.66. The Morgan fingerprint density at radius 1 is 1.32 bits per heavy atom. The number of nitrogens with one attached hydrogen (secondary N) is 1. The van der Waals surface area contributed by atoms with E-state index >= 15 is 0 Å². The van der Waals surface area contributed by atoms with E-state index in [4.69, 9.17) is 5.73 Å². The monoisotopic (exact) mass is 277 g/mol. The minimum Gasteiger partial charge on any atom is -0.397 e. The molecular formula is C13H15N3O2S. The van der Waals surface area contributed by atoms with Crippen molar-refractivity contribution >= 4 is 21.2 Å². The maximum Gasteiger partial charge on any atom is 0.175 e. The number of anilines is 2. The van der Waals surface area contributed by atoms with E-state index in [1.807, 2.05) is 12.1 Å². The van der Waals surface area contributed by atoms with Gasteiger partial charge in [-0.25, -0.2) is 8.42 Å². The van der Waals surface area contributed by atoms with Gasteiger partial charge in [0.25, 0.3) is 0 Å². The van der Waals surface area contributed by atoms with Crippen LogP contribution in [0.25, 0.3) is 0 Å². The highest BCUT2D eigenvalue weighted by molar-refractivity contribution is 7.90. The fraction of sp³-hybridized carbons (Fsp3) is 0.154. The van der Waals surface area contributed by atoms with E-state index in [1.165, 1.54) is 12.1 Å². The van der Waals surface area contributed by atoms with Gasteiger partial charge < -0.3 is 11.1 Å². The van der Waals surface area contributed by atoms with Crippen LogP contribution in [0.1, 0.15) is 5.56 Å². The quantitative estimate of drug-likeness (QED) is 0.830. The predicted octanol–water partition coefficient (Wildman–Crippen LogP) is 1.68. The number of nitrogen functional groups attached to an aromatic ring is 1. The molecule has 6 heteroatoms. The van der Waals surface area contributed by atoms with Crippen molar-refractivity contribution in [1.82, 2.24) is 4.98 Å². The largest absolute Gasteiger partial charge is 0.397 e. The van der Waals surface area contributed by atoms with Gasteiger partial charge in [0.05, 0.1) is 16.3 Å². The molecule has 2 rings (SSSR count). The molecule has 5 nitrogen and oxygen atoms in total. The van der Waals surface area contributed by atoms with Crippen molar-refractivity contribution in [2.75, 3.05) is 17.3 Å². The van der Waals surface area contributed by atoms with Gasteiger partial charge >= 0.3 is 0 Å². The van der Waals surface area contributed by atoms with E-state index in [-0.39, 0.29) is 4.90 Å². The third kappa shape index (κ3) is 3.45. The summed E-state index contributed by atoms with van der Waals surface area (Å²) < 4.78 is 22.8. The molecule has 1 aromatic carbocycles. The predicted molar refractivity (Wildman–Crippen MR) is 75.5 cm³/mol. The smallest absolute Gasteiger partial charge is 0.175 e. The summed E-state index contributed by atoms with van der Waals surface area (Å²) in [5.41, 5.74) is 7.98. The first-order chi connectivity index (χ1) is 8.97. The zero-order valence-electron chi connectivity index (χ0n) is 10.5. The molecular weight excluding hydrogens is 262 g/mol. The summed E-state index contributed by atoms with van der Waals surface area (Å²) in [6.07, 6.45) is 4.62. The Bertz CT molecular complexity index is 670. The van der Waals surface area contributed by atoms with Gasteiger partial charge in [-0.3, -0.25) is 4.98 Å². The number of benzene rings is 1. The number of hydrogen-bond acceptors (Lipinski definition) is 5. The van der Waals surface area contributed by atoms with Crippen molar-refractivity contribution < 1.29 is 8.42 Å². The van der Waals surface area contributed by atoms with E-state index in [0.29, 0.717) is 17.9 Å². The summed E-state index contributed by atoms with van der Waals surface area (Å²) in [6, 6.07) is 8.47. The van der Waals surface area contributed by atoms with Crippen LogP contribution >= 0.6 is 0 Å². The Kier molecular flexibility index (Phi) is 3.71. The molecule has 0 atom stereocenters. The molecule has 3 N–H and O–H groups in total. The topological polar surface area (TPSA) is 85.1 Å². The molecule has 19 heavy (non-hydrogen) atoms. The van der Waals surface area contributed by atoms with Gasteiger partial charge in [-0.2, -0.15) is 0 Å². The zero-order valence-corrected chi connectivity index (χ0v) is 11.3. The Morgan fingerprint density at radius 3 is 2.68 bits per heavy atom. The molecule has 2 aromatic rings. The SMILES string of the molecule is CS(=O)(=O)c1ccc(NCc2cccnc2)c(N)c1. The van der Waals surface area contributed by atoms with Crippen LogP contribution in [0.4, 0.5) is 11.4 Å². The van der Waals surface area contributed by atoms with Crippen LogP contribution < -0.4 is 11.1 Å². The van der Waals surface area contributed by atoms with Crippen LogP contribution in [-0.2, 0) is 16.4 Å². The number of nitrogens with zero attached hydrogens (tertiary/aromatic N) is 1. The molecule has 0 bridgehead atoms. The first kappa shape index (κ1) is 13.4. The molecule has 100 valence electrons. The zero-order chi connectivity index (χ0) is 13.9. The van der Waals surface area contributed by atoms with Gasteiger partial charge in [-0.1, -0.05) is 6.07 Å². The summed E-state index contributed by atoms with van der Waals surface area (Å²) in [7, 11) is -3.23. The van der Waals surface area contributed by atoms with Crippen LogP contribution in [0.2, 0.25) is 0 Å². The van der Waals surface area contributed by atoms with Gasteiger partial charge in [0, 0.05) is 25.2 Å². The molecule has 0 aliphatic carbocycles. The summed E-state index contributed by atoms with van der Waals surface area (Å²) in [5.74, 6) is 0. The Morgan fingerprint density at radius 2 is 2.11 bits per heavy atom. The van der Waals surface area contributed by atoms with E-state index in [1.54, 1.807) is 18.5 Å². The van der Waals surface area contributed by atoms with Gasteiger partial charge in [-0.05, 0) is 29.8 Å². The second-order valence-electron chi connectivity index (χ2n) is 4.24. The lowest BCUT2D eigenvalue weighted by atomic mass is 10.2. The lowest BCUT2D eigenvalue weighted by Gasteiger charge is -2.10. The van der Waals surface area contributed by atoms with Crippen molar-refractivity contribution in [3.8, 4) is 0 Å². The van der Waals surface area contributed by atoms with Gasteiger partial charge in [0.1, 0.15) is 0 Å². The van der Waals surface area contributed by atoms with E-state index in [9.17, 15) is 8.42 Å². The highest BCUT2D eigenvalue weighted by Crippen LogP contribution is 2.23. The summed E-state index contributed by atoms with van der Waals surface area (Å²) >= 11 is 0. The minimum absolute atomic E-state index is 0.219. The number of rotatable bonds is 4. The van der Waals surface area contributed by atoms with E-state index < -0.39 is 9.84 Å².